The lowest BCUT2D eigenvalue weighted by Crippen LogP contribution is -2.30. The van der Waals surface area contributed by atoms with Gasteiger partial charge in [-0.3, -0.25) is 0 Å². The second-order valence-corrected chi connectivity index (χ2v) is 10.1. The van der Waals surface area contributed by atoms with Crippen LogP contribution in [0.5, 0.6) is 0 Å². The van der Waals surface area contributed by atoms with Crippen LogP contribution in [0.3, 0.4) is 0 Å². The predicted octanol–water partition coefficient (Wildman–Crippen LogP) is 8.78. The van der Waals surface area contributed by atoms with Crippen molar-refractivity contribution in [2.24, 2.45) is 7.05 Å². The van der Waals surface area contributed by atoms with E-state index >= 15 is 4.39 Å². The lowest BCUT2D eigenvalue weighted by Gasteiger charge is -2.13. The smallest absolute Gasteiger partial charge is 0.216 e. The number of halogens is 1. The molecule has 0 fully saturated rings. The van der Waals surface area contributed by atoms with Crippen molar-refractivity contribution < 1.29 is 13.4 Å². The van der Waals surface area contributed by atoms with E-state index in [0.29, 0.717) is 11.1 Å². The first-order valence-electron chi connectivity index (χ1n) is 12.6. The molecular weight excluding hydrogens is 457 g/mol. The van der Waals surface area contributed by atoms with Crippen LogP contribution in [0.15, 0.2) is 89.5 Å². The molecule has 0 N–H and O–H groups in total. The summed E-state index contributed by atoms with van der Waals surface area (Å²) < 4.78 is 24.2. The third-order valence-corrected chi connectivity index (χ3v) is 7.47. The van der Waals surface area contributed by atoms with Crippen molar-refractivity contribution in [1.82, 2.24) is 0 Å². The van der Waals surface area contributed by atoms with Gasteiger partial charge in [-0.2, -0.15) is 0 Å². The number of pyridine rings is 1. The fourth-order valence-corrected chi connectivity index (χ4v) is 5.59. The van der Waals surface area contributed by atoms with Gasteiger partial charge in [-0.15, -0.1) is 0 Å². The van der Waals surface area contributed by atoms with Crippen molar-refractivity contribution >= 4 is 21.9 Å². The molecule has 0 saturated heterocycles. The third-order valence-electron chi connectivity index (χ3n) is 7.47. The zero-order valence-electron chi connectivity index (χ0n) is 21.8. The van der Waals surface area contributed by atoms with Gasteiger partial charge in [0.2, 0.25) is 5.69 Å². The fraction of sp³-hybridized carbons (Fsp3) is 0.147. The van der Waals surface area contributed by atoms with E-state index in [1.165, 1.54) is 16.7 Å². The van der Waals surface area contributed by atoms with E-state index in [9.17, 15) is 0 Å². The average Bonchev–Trinajstić information content (AvgIpc) is 3.23. The van der Waals surface area contributed by atoms with Crippen LogP contribution in [-0.4, -0.2) is 0 Å². The zero-order chi connectivity index (χ0) is 25.8. The van der Waals surface area contributed by atoms with E-state index in [4.69, 9.17) is 4.42 Å². The van der Waals surface area contributed by atoms with E-state index < -0.39 is 0 Å². The van der Waals surface area contributed by atoms with Crippen LogP contribution in [0.1, 0.15) is 22.3 Å². The number of hydrogen-bond acceptors (Lipinski definition) is 1. The van der Waals surface area contributed by atoms with Crippen LogP contribution < -0.4 is 4.57 Å². The first kappa shape index (κ1) is 23.2. The van der Waals surface area contributed by atoms with Crippen LogP contribution in [0.2, 0.25) is 0 Å². The summed E-state index contributed by atoms with van der Waals surface area (Å²) in [6, 6.07) is 26.4. The molecule has 2 nitrogen and oxygen atoms in total. The topological polar surface area (TPSA) is 17.0 Å². The number of hydrogen-bond donors (Lipinski definition) is 0. The van der Waals surface area contributed by atoms with Gasteiger partial charge in [-0.1, -0.05) is 54.1 Å². The number of fused-ring (bicyclic) bond motifs is 3. The quantitative estimate of drug-likeness (QED) is 0.228. The Kier molecular flexibility index (Phi) is 5.45. The molecule has 0 saturated carbocycles. The number of aryl methyl sites for hydroxylation is 5. The van der Waals surface area contributed by atoms with Crippen molar-refractivity contribution in [3.05, 3.63) is 113 Å². The molecule has 182 valence electrons. The SMILES string of the molecule is Cc1ccc(-c2ccc(-c3c(F)ccc4c3oc3c(-c5cccc[n+]5C)c(C)ccc34)cc2C)c(C)c1. The van der Waals surface area contributed by atoms with Gasteiger partial charge in [0.05, 0.1) is 11.1 Å². The third kappa shape index (κ3) is 3.74. The molecule has 0 bridgehead atoms. The van der Waals surface area contributed by atoms with Gasteiger partial charge in [0.1, 0.15) is 24.0 Å². The zero-order valence-corrected chi connectivity index (χ0v) is 21.8. The van der Waals surface area contributed by atoms with Crippen molar-refractivity contribution in [3.8, 4) is 33.5 Å². The average molecular weight is 487 g/mol. The molecule has 37 heavy (non-hydrogen) atoms. The Morgan fingerprint density at radius 1 is 0.649 bits per heavy atom. The molecule has 0 atom stereocenters. The van der Waals surface area contributed by atoms with E-state index in [2.05, 4.69) is 80.8 Å². The maximum absolute atomic E-state index is 15.5. The largest absolute Gasteiger partial charge is 0.454 e. The van der Waals surface area contributed by atoms with Crippen molar-refractivity contribution in [2.75, 3.05) is 0 Å². The molecule has 0 spiro atoms. The highest BCUT2D eigenvalue weighted by Crippen LogP contribution is 2.42. The lowest BCUT2D eigenvalue weighted by molar-refractivity contribution is -0.660. The Labute approximate surface area is 216 Å². The van der Waals surface area contributed by atoms with Crippen LogP contribution >= 0.6 is 0 Å². The molecule has 2 aromatic heterocycles. The summed E-state index contributed by atoms with van der Waals surface area (Å²) in [5.74, 6) is -0.284. The fourth-order valence-electron chi connectivity index (χ4n) is 5.59. The summed E-state index contributed by atoms with van der Waals surface area (Å²) in [4.78, 5) is 0. The number of aromatic nitrogens is 1. The van der Waals surface area contributed by atoms with Crippen molar-refractivity contribution in [2.45, 2.75) is 27.7 Å². The Bertz CT molecular complexity index is 1840. The molecule has 0 aliphatic rings. The van der Waals surface area contributed by atoms with E-state index in [0.717, 1.165) is 49.9 Å². The highest BCUT2D eigenvalue weighted by Gasteiger charge is 2.23. The molecule has 0 amide bonds. The summed E-state index contributed by atoms with van der Waals surface area (Å²) in [6.07, 6.45) is 2.03. The number of rotatable bonds is 3. The van der Waals surface area contributed by atoms with Gasteiger partial charge in [0, 0.05) is 22.9 Å². The standard InChI is InChI=1S/C34H29FNO/c1-20-9-12-25(22(3)18-20)26-14-11-24(19-23(26)4)32-29(35)16-15-28-27-13-10-21(2)31(33(27)37-34(28)32)30-8-6-7-17-36(30)5/h6-19H,1-5H3/q+1. The minimum atomic E-state index is -0.284. The van der Waals surface area contributed by atoms with E-state index in [-0.39, 0.29) is 5.82 Å². The second-order valence-electron chi connectivity index (χ2n) is 10.1. The normalized spacial score (nSPS) is 11.5. The van der Waals surface area contributed by atoms with Gasteiger partial charge >= 0.3 is 0 Å². The molecule has 4 aromatic carbocycles. The lowest BCUT2D eigenvalue weighted by atomic mass is 9.92. The van der Waals surface area contributed by atoms with E-state index in [1.807, 2.05) is 37.5 Å². The molecule has 2 heterocycles. The maximum atomic E-state index is 15.5. The van der Waals surface area contributed by atoms with Crippen molar-refractivity contribution in [1.29, 1.82) is 0 Å². The minimum Gasteiger partial charge on any atom is -0.454 e. The first-order valence-corrected chi connectivity index (χ1v) is 12.6. The summed E-state index contributed by atoms with van der Waals surface area (Å²) in [5.41, 5.74) is 11.8. The van der Waals surface area contributed by atoms with E-state index in [1.54, 1.807) is 6.07 Å². The predicted molar refractivity (Wildman–Crippen MR) is 150 cm³/mol. The summed E-state index contributed by atoms with van der Waals surface area (Å²) in [6.45, 7) is 8.42. The van der Waals surface area contributed by atoms with Gasteiger partial charge in [-0.05, 0) is 79.3 Å². The number of benzene rings is 4. The summed E-state index contributed by atoms with van der Waals surface area (Å²) in [5, 5.41) is 1.91. The highest BCUT2D eigenvalue weighted by atomic mass is 19.1. The second kappa shape index (κ2) is 8.70. The monoisotopic (exact) mass is 486 g/mol. The van der Waals surface area contributed by atoms with Gasteiger partial charge < -0.3 is 4.42 Å². The number of nitrogens with zero attached hydrogens (tertiary/aromatic N) is 1. The Morgan fingerprint density at radius 3 is 2.03 bits per heavy atom. The van der Waals surface area contributed by atoms with Gasteiger partial charge in [0.25, 0.3) is 0 Å². The Balaban J connectivity index is 1.59. The number of furan rings is 1. The molecule has 0 unspecified atom stereocenters. The molecule has 0 aliphatic heterocycles. The molecular formula is C34H29FNO+. The first-order chi connectivity index (χ1) is 17.8. The van der Waals surface area contributed by atoms with Gasteiger partial charge in [-0.25, -0.2) is 8.96 Å². The molecule has 0 radical (unpaired) electrons. The summed E-state index contributed by atoms with van der Waals surface area (Å²) in [7, 11) is 2.03. The van der Waals surface area contributed by atoms with Crippen LogP contribution in [0.25, 0.3) is 55.4 Å². The van der Waals surface area contributed by atoms with Gasteiger partial charge in [0.15, 0.2) is 6.20 Å². The Morgan fingerprint density at radius 2 is 1.32 bits per heavy atom. The molecule has 0 aliphatic carbocycles. The highest BCUT2D eigenvalue weighted by molar-refractivity contribution is 6.13. The maximum Gasteiger partial charge on any atom is 0.216 e. The van der Waals surface area contributed by atoms with Crippen LogP contribution in [0.4, 0.5) is 4.39 Å². The van der Waals surface area contributed by atoms with Crippen LogP contribution in [0, 0.1) is 33.5 Å². The van der Waals surface area contributed by atoms with Crippen LogP contribution in [-0.2, 0) is 7.05 Å². The molecule has 6 rings (SSSR count). The Hall–Kier alpha value is -4.24. The summed E-state index contributed by atoms with van der Waals surface area (Å²) >= 11 is 0. The minimum absolute atomic E-state index is 0.284. The van der Waals surface area contributed by atoms with Crippen molar-refractivity contribution in [3.63, 3.8) is 0 Å². The molecule has 3 heteroatoms. The molecule has 6 aromatic rings.